The Labute approximate surface area is 188 Å². The molecule has 0 aliphatic carbocycles. The zero-order valence-corrected chi connectivity index (χ0v) is 23.0. The average Bonchev–Trinajstić information content (AvgIpc) is 3.08. The molecule has 3 rings (SSSR count). The number of nitrogens with zero attached hydrogens (tertiary/aromatic N) is 2. The molecule has 3 heterocycles. The third-order valence-electron chi connectivity index (χ3n) is 7.54. The molecule has 0 aromatic carbocycles. The fourth-order valence-corrected chi connectivity index (χ4v) is 5.63. The lowest BCUT2D eigenvalue weighted by molar-refractivity contribution is -0.0385. The van der Waals surface area contributed by atoms with Gasteiger partial charge in [-0.05, 0) is 43.2 Å². The topological polar surface area (TPSA) is 71.8 Å². The predicted molar refractivity (Wildman–Crippen MR) is 127 cm³/mol. The van der Waals surface area contributed by atoms with E-state index in [0.717, 1.165) is 0 Å². The maximum atomic E-state index is 12.0. The highest BCUT2D eigenvalue weighted by molar-refractivity contribution is 6.74. The molecule has 4 atom stereocenters. The summed E-state index contributed by atoms with van der Waals surface area (Å²) in [6.45, 7) is 24.6. The van der Waals surface area contributed by atoms with Crippen molar-refractivity contribution in [2.45, 2.75) is 109 Å². The van der Waals surface area contributed by atoms with Crippen molar-refractivity contribution in [3.63, 3.8) is 0 Å². The van der Waals surface area contributed by atoms with E-state index in [9.17, 15) is 4.79 Å². The van der Waals surface area contributed by atoms with Gasteiger partial charge >= 0.3 is 6.01 Å². The predicted octanol–water partition coefficient (Wildman–Crippen LogP) is 4.62. The molecule has 0 radical (unpaired) electrons. The molecule has 0 bridgehead atoms. The second-order valence-electron chi connectivity index (χ2n) is 12.0. The maximum Gasteiger partial charge on any atom is 0.302 e. The van der Waals surface area contributed by atoms with Gasteiger partial charge in [-0.3, -0.25) is 9.36 Å². The standard InChI is InChI=1S/C22H40N2O5Si2/c1-14-12-24-19-17(28-20(24)23-18(14)25)16(29-31(10,11)22(5,6)7)15(27-19)13-26-30(8,9)21(2,3)4/h12,15-17,19H,13H2,1-11H3/t15-,16-,17+,19-/m1/s1. The fourth-order valence-electron chi connectivity index (χ4n) is 3.30. The zero-order chi connectivity index (χ0) is 23.6. The molecule has 0 unspecified atom stereocenters. The van der Waals surface area contributed by atoms with Crippen molar-refractivity contribution in [2.75, 3.05) is 6.61 Å². The Morgan fingerprint density at radius 3 is 2.19 bits per heavy atom. The highest BCUT2D eigenvalue weighted by Gasteiger charge is 2.56. The van der Waals surface area contributed by atoms with E-state index < -0.39 is 16.6 Å². The van der Waals surface area contributed by atoms with E-state index in [1.165, 1.54) is 0 Å². The molecular weight excluding hydrogens is 428 g/mol. The van der Waals surface area contributed by atoms with Crippen molar-refractivity contribution >= 4 is 16.6 Å². The number of fused-ring (bicyclic) bond motifs is 3. The number of hydrogen-bond acceptors (Lipinski definition) is 6. The lowest BCUT2D eigenvalue weighted by Gasteiger charge is -2.41. The largest absolute Gasteiger partial charge is 0.454 e. The van der Waals surface area contributed by atoms with Crippen LogP contribution in [-0.2, 0) is 13.6 Å². The molecule has 1 aromatic rings. The van der Waals surface area contributed by atoms with Gasteiger partial charge in [0, 0.05) is 11.8 Å². The van der Waals surface area contributed by atoms with Crippen LogP contribution < -0.4 is 10.3 Å². The Morgan fingerprint density at radius 2 is 1.65 bits per heavy atom. The molecule has 176 valence electrons. The van der Waals surface area contributed by atoms with Crippen molar-refractivity contribution in [1.29, 1.82) is 0 Å². The summed E-state index contributed by atoms with van der Waals surface area (Å²) < 4.78 is 27.8. The number of aryl methyl sites for hydroxylation is 1. The summed E-state index contributed by atoms with van der Waals surface area (Å²) >= 11 is 0. The van der Waals surface area contributed by atoms with Gasteiger partial charge in [-0.1, -0.05) is 41.5 Å². The van der Waals surface area contributed by atoms with E-state index in [0.29, 0.717) is 18.2 Å². The van der Waals surface area contributed by atoms with Crippen LogP contribution in [0.2, 0.25) is 36.3 Å². The second kappa shape index (κ2) is 7.79. The number of rotatable bonds is 5. The van der Waals surface area contributed by atoms with Crippen molar-refractivity contribution < 1.29 is 18.3 Å². The van der Waals surface area contributed by atoms with E-state index in [4.69, 9.17) is 18.3 Å². The van der Waals surface area contributed by atoms with Crippen molar-refractivity contribution in [3.05, 3.63) is 22.1 Å². The van der Waals surface area contributed by atoms with Crippen LogP contribution in [0.4, 0.5) is 0 Å². The molecule has 7 nitrogen and oxygen atoms in total. The molecule has 1 aromatic heterocycles. The summed E-state index contributed by atoms with van der Waals surface area (Å²) in [5.74, 6) is 0. The van der Waals surface area contributed by atoms with Crippen LogP contribution in [0.3, 0.4) is 0 Å². The van der Waals surface area contributed by atoms with Gasteiger partial charge in [0.2, 0.25) is 0 Å². The minimum absolute atomic E-state index is 0.0472. The van der Waals surface area contributed by atoms with Gasteiger partial charge < -0.3 is 18.3 Å². The zero-order valence-electron chi connectivity index (χ0n) is 21.0. The Bertz CT molecular complexity index is 885. The third-order valence-corrected chi connectivity index (χ3v) is 16.5. The lowest BCUT2D eigenvalue weighted by atomic mass is 10.1. The van der Waals surface area contributed by atoms with Gasteiger partial charge in [0.1, 0.15) is 12.2 Å². The number of ether oxygens (including phenoxy) is 2. The monoisotopic (exact) mass is 468 g/mol. The van der Waals surface area contributed by atoms with Gasteiger partial charge in [-0.15, -0.1) is 0 Å². The van der Waals surface area contributed by atoms with E-state index in [1.807, 2.05) is 4.57 Å². The molecule has 0 amide bonds. The van der Waals surface area contributed by atoms with Gasteiger partial charge in [0.05, 0.1) is 6.61 Å². The van der Waals surface area contributed by atoms with Crippen LogP contribution in [-0.4, -0.2) is 51.1 Å². The summed E-state index contributed by atoms with van der Waals surface area (Å²) in [5.41, 5.74) is 0.297. The van der Waals surface area contributed by atoms with Crippen LogP contribution in [0.25, 0.3) is 0 Å². The summed E-state index contributed by atoms with van der Waals surface area (Å²) in [6, 6.07) is 0.304. The molecule has 1 saturated heterocycles. The molecule has 9 heteroatoms. The Hall–Kier alpha value is -1.01. The maximum absolute atomic E-state index is 12.0. The van der Waals surface area contributed by atoms with Gasteiger partial charge in [0.15, 0.2) is 29.0 Å². The van der Waals surface area contributed by atoms with Gasteiger partial charge in [0.25, 0.3) is 5.56 Å². The minimum Gasteiger partial charge on any atom is -0.454 e. The highest BCUT2D eigenvalue weighted by Crippen LogP contribution is 2.45. The summed E-state index contributed by atoms with van der Waals surface area (Å²) in [6.07, 6.45) is 0.523. The van der Waals surface area contributed by atoms with E-state index >= 15 is 0 Å². The summed E-state index contributed by atoms with van der Waals surface area (Å²) in [5, 5.41) is 0.159. The number of hydrogen-bond donors (Lipinski definition) is 0. The average molecular weight is 469 g/mol. The molecular formula is C22H40N2O5Si2. The highest BCUT2D eigenvalue weighted by atomic mass is 28.4. The third kappa shape index (κ3) is 4.57. The molecule has 0 N–H and O–H groups in total. The first-order valence-electron chi connectivity index (χ1n) is 11.2. The van der Waals surface area contributed by atoms with E-state index in [-0.39, 0.29) is 40.2 Å². The molecule has 31 heavy (non-hydrogen) atoms. The molecule has 0 saturated carbocycles. The second-order valence-corrected chi connectivity index (χ2v) is 21.5. The molecule has 2 aliphatic rings. The van der Waals surface area contributed by atoms with Crippen molar-refractivity contribution in [1.82, 2.24) is 9.55 Å². The van der Waals surface area contributed by atoms with Crippen LogP contribution in [0.1, 0.15) is 53.3 Å². The SMILES string of the molecule is Cc1cn2c(nc1=O)O[C@H]1[C@H](O[Si](C)(C)C(C)(C)C)[C@@H](CO[Si](C)(C)C(C)(C)C)O[C@H]12. The molecule has 2 aliphatic heterocycles. The van der Waals surface area contributed by atoms with E-state index in [1.54, 1.807) is 13.1 Å². The summed E-state index contributed by atoms with van der Waals surface area (Å²) in [7, 11) is -4.05. The first kappa shape index (κ1) is 24.6. The molecule has 1 fully saturated rings. The van der Waals surface area contributed by atoms with Gasteiger partial charge in [-0.2, -0.15) is 4.98 Å². The van der Waals surface area contributed by atoms with Crippen molar-refractivity contribution in [2.24, 2.45) is 0 Å². The van der Waals surface area contributed by atoms with Crippen molar-refractivity contribution in [3.8, 4) is 6.01 Å². The van der Waals surface area contributed by atoms with Crippen LogP contribution in [0.5, 0.6) is 6.01 Å². The fraction of sp³-hybridized carbons (Fsp3) is 0.818. The Kier molecular flexibility index (Phi) is 6.19. The normalized spacial score (nSPS) is 26.5. The first-order chi connectivity index (χ1) is 13.9. The quantitative estimate of drug-likeness (QED) is 0.587. The molecule has 0 spiro atoms. The summed E-state index contributed by atoms with van der Waals surface area (Å²) in [4.78, 5) is 16.1. The van der Waals surface area contributed by atoms with Crippen LogP contribution in [0.15, 0.2) is 11.0 Å². The van der Waals surface area contributed by atoms with Crippen LogP contribution >= 0.6 is 0 Å². The Balaban J connectivity index is 1.90. The Morgan fingerprint density at radius 1 is 1.06 bits per heavy atom. The minimum atomic E-state index is -2.10. The van der Waals surface area contributed by atoms with Gasteiger partial charge in [-0.25, -0.2) is 0 Å². The first-order valence-corrected chi connectivity index (χ1v) is 17.0. The van der Waals surface area contributed by atoms with E-state index in [2.05, 4.69) is 72.7 Å². The van der Waals surface area contributed by atoms with Crippen LogP contribution in [0, 0.1) is 6.92 Å². The smallest absolute Gasteiger partial charge is 0.302 e. The lowest BCUT2D eigenvalue weighted by Crippen LogP contribution is -2.51. The number of aromatic nitrogens is 2.